The first-order valence-corrected chi connectivity index (χ1v) is 9.30. The van der Waals surface area contributed by atoms with Crippen molar-refractivity contribution in [2.75, 3.05) is 19.6 Å². The van der Waals surface area contributed by atoms with Crippen LogP contribution >= 0.6 is 22.9 Å². The van der Waals surface area contributed by atoms with Gasteiger partial charge in [-0.3, -0.25) is 3.11 Å². The number of H-pyrrole nitrogens is 1. The van der Waals surface area contributed by atoms with Crippen LogP contribution in [0.4, 0.5) is 4.79 Å². The van der Waals surface area contributed by atoms with Crippen LogP contribution in [-0.2, 0) is 6.42 Å². The topological polar surface area (TPSA) is 61.3 Å². The van der Waals surface area contributed by atoms with Gasteiger partial charge < -0.3 is 9.88 Å². The molecule has 0 saturated heterocycles. The number of aromatic nitrogens is 2. The second-order valence-corrected chi connectivity index (χ2v) is 7.12. The smallest absolute Gasteiger partial charge is 0.305 e. The van der Waals surface area contributed by atoms with Gasteiger partial charge in [-0.2, -0.15) is 0 Å². The predicted octanol–water partition coefficient (Wildman–Crippen LogP) is 3.24. The van der Waals surface area contributed by atoms with Crippen molar-refractivity contribution < 1.29 is 4.79 Å². The Morgan fingerprint density at radius 1 is 1.29 bits per heavy atom. The first kappa shape index (κ1) is 19.0. The Kier molecular flexibility index (Phi) is 6.45. The minimum Gasteiger partial charge on any atom is -0.305 e. The second kappa shape index (κ2) is 8.15. The molecule has 0 saturated carbocycles. The molecule has 1 N–H and O–H groups in total. The third-order valence-corrected chi connectivity index (χ3v) is 5.71. The monoisotopic (exact) mass is 444 g/mol. The van der Waals surface area contributed by atoms with E-state index in [0.29, 0.717) is 11.0 Å². The van der Waals surface area contributed by atoms with Gasteiger partial charge in [0.15, 0.2) is 0 Å². The Morgan fingerprint density at radius 2 is 1.96 bits per heavy atom. The van der Waals surface area contributed by atoms with Gasteiger partial charge >= 0.3 is 11.7 Å². The number of halogens is 1. The molecule has 0 unspecified atom stereocenters. The zero-order valence-corrected chi connectivity index (χ0v) is 16.8. The molecule has 1 amide bonds. The van der Waals surface area contributed by atoms with Crippen molar-refractivity contribution in [2.45, 2.75) is 40.2 Å². The summed E-state index contributed by atoms with van der Waals surface area (Å²) < 4.78 is 2.76. The van der Waals surface area contributed by atoms with Crippen molar-refractivity contribution in [3.05, 3.63) is 34.2 Å². The highest BCUT2D eigenvalue weighted by Crippen LogP contribution is 2.17. The van der Waals surface area contributed by atoms with E-state index < -0.39 is 5.69 Å². The van der Waals surface area contributed by atoms with Gasteiger partial charge in [0.05, 0.1) is 33.9 Å². The van der Waals surface area contributed by atoms with E-state index in [1.807, 2.05) is 54.9 Å². The Balaban J connectivity index is 2.35. The third kappa shape index (κ3) is 4.00. The van der Waals surface area contributed by atoms with Crippen molar-refractivity contribution in [2.24, 2.45) is 0 Å². The molecule has 0 atom stereocenters. The molecular weight excluding hydrogens is 419 g/mol. The highest BCUT2D eigenvalue weighted by Gasteiger charge is 2.21. The predicted molar refractivity (Wildman–Crippen MR) is 106 cm³/mol. The van der Waals surface area contributed by atoms with E-state index in [1.165, 1.54) is 7.68 Å². The van der Waals surface area contributed by atoms with E-state index in [-0.39, 0.29) is 12.1 Å². The van der Waals surface area contributed by atoms with Crippen LogP contribution in [0.5, 0.6) is 0 Å². The van der Waals surface area contributed by atoms with Gasteiger partial charge in [-0.05, 0) is 51.1 Å². The van der Waals surface area contributed by atoms with Crippen LogP contribution in [0, 0.1) is 0 Å². The van der Waals surface area contributed by atoms with E-state index in [2.05, 4.69) is 23.7 Å². The number of likely N-dealkylation sites (N-methyl/N-ethyl adjacent to an activating group) is 1. The number of aromatic amines is 1. The molecule has 24 heavy (non-hydrogen) atoms. The van der Waals surface area contributed by atoms with Gasteiger partial charge in [-0.1, -0.05) is 19.9 Å². The number of imidazole rings is 1. The van der Waals surface area contributed by atoms with Crippen molar-refractivity contribution in [3.63, 3.8) is 0 Å². The molecule has 2 aromatic rings. The number of carbonyl (C=O) groups is 1. The first-order valence-electron chi connectivity index (χ1n) is 8.34. The summed E-state index contributed by atoms with van der Waals surface area (Å²) in [6, 6.07) is 5.54. The molecule has 0 aliphatic carbocycles. The molecule has 1 heterocycles. The summed E-state index contributed by atoms with van der Waals surface area (Å²) in [7, 11) is 0. The van der Waals surface area contributed by atoms with Crippen LogP contribution < -0.4 is 5.69 Å². The van der Waals surface area contributed by atoms with E-state index in [0.717, 1.165) is 31.6 Å². The second-order valence-electron chi connectivity index (χ2n) is 6.08. The molecular formula is C17H25IN4O2. The normalized spacial score (nSPS) is 11.6. The van der Waals surface area contributed by atoms with Gasteiger partial charge in [-0.25, -0.2) is 14.2 Å². The van der Waals surface area contributed by atoms with Crippen molar-refractivity contribution in [3.8, 4) is 0 Å². The number of amides is 1. The zero-order chi connectivity index (χ0) is 17.9. The van der Waals surface area contributed by atoms with Gasteiger partial charge in [0, 0.05) is 12.6 Å². The molecule has 0 radical (unpaired) electrons. The molecule has 1 aromatic heterocycles. The summed E-state index contributed by atoms with van der Waals surface area (Å²) in [5.41, 5.74) is 2.07. The van der Waals surface area contributed by atoms with Crippen LogP contribution in [0.15, 0.2) is 23.0 Å². The quantitative estimate of drug-likeness (QED) is 0.550. The summed E-state index contributed by atoms with van der Waals surface area (Å²) in [6.07, 6.45) is 0.892. The number of benzene rings is 1. The lowest BCUT2D eigenvalue weighted by atomic mass is 10.1. The number of hydrogen-bond donors (Lipinski definition) is 1. The standard InChI is InChI=1S/C17H25IN4O2/c1-5-20(6-2)10-9-13-7-8-14-15(11-13)21(16(23)19-14)17(24)22(18)12(3)4/h7-8,11-12H,5-6,9-10H2,1-4H3,(H,19,23). The number of rotatable bonds is 6. The fraction of sp³-hybridized carbons (Fsp3) is 0.529. The van der Waals surface area contributed by atoms with Crippen LogP contribution in [0.3, 0.4) is 0 Å². The number of nitrogens with zero attached hydrogens (tertiary/aromatic N) is 3. The maximum atomic E-state index is 12.6. The highest BCUT2D eigenvalue weighted by molar-refractivity contribution is 14.1. The average molecular weight is 444 g/mol. The molecule has 2 rings (SSSR count). The fourth-order valence-electron chi connectivity index (χ4n) is 2.64. The first-order chi connectivity index (χ1) is 11.4. The van der Waals surface area contributed by atoms with Crippen LogP contribution in [-0.4, -0.2) is 49.3 Å². The summed E-state index contributed by atoms with van der Waals surface area (Å²) in [4.78, 5) is 29.9. The summed E-state index contributed by atoms with van der Waals surface area (Å²) >= 11 is 1.96. The van der Waals surface area contributed by atoms with Crippen molar-refractivity contribution in [1.82, 2.24) is 17.6 Å². The van der Waals surface area contributed by atoms with Gasteiger partial charge in [-0.15, -0.1) is 0 Å². The Morgan fingerprint density at radius 3 is 2.54 bits per heavy atom. The van der Waals surface area contributed by atoms with Crippen LogP contribution in [0.25, 0.3) is 11.0 Å². The molecule has 7 heteroatoms. The SMILES string of the molecule is CCN(CC)CCc1ccc2[nH]c(=O)n(C(=O)N(I)C(C)C)c2c1. The Hall–Kier alpha value is -1.35. The Labute approximate surface area is 156 Å². The van der Waals surface area contributed by atoms with E-state index in [1.54, 1.807) is 0 Å². The maximum Gasteiger partial charge on any atom is 0.341 e. The zero-order valence-electron chi connectivity index (χ0n) is 14.7. The average Bonchev–Trinajstić information content (AvgIpc) is 2.89. The van der Waals surface area contributed by atoms with E-state index >= 15 is 0 Å². The molecule has 1 aromatic carbocycles. The molecule has 6 nitrogen and oxygen atoms in total. The van der Waals surface area contributed by atoms with E-state index in [4.69, 9.17) is 0 Å². The fourth-order valence-corrected chi connectivity index (χ4v) is 2.85. The molecule has 0 aliphatic rings. The number of hydrogen-bond acceptors (Lipinski definition) is 3. The summed E-state index contributed by atoms with van der Waals surface area (Å²) in [6.45, 7) is 11.1. The number of nitrogens with one attached hydrogen (secondary N) is 1. The molecule has 132 valence electrons. The van der Waals surface area contributed by atoms with Gasteiger partial charge in [0.2, 0.25) is 0 Å². The molecule has 0 bridgehead atoms. The molecule has 0 spiro atoms. The van der Waals surface area contributed by atoms with Crippen LogP contribution in [0.2, 0.25) is 0 Å². The minimum absolute atomic E-state index is 0.0146. The lowest BCUT2D eigenvalue weighted by Crippen LogP contribution is -2.36. The summed E-state index contributed by atoms with van der Waals surface area (Å²) in [5.74, 6) is 0. The maximum absolute atomic E-state index is 12.6. The van der Waals surface area contributed by atoms with E-state index in [9.17, 15) is 9.59 Å². The number of fused-ring (bicyclic) bond motifs is 1. The van der Waals surface area contributed by atoms with Crippen molar-refractivity contribution in [1.29, 1.82) is 0 Å². The lowest BCUT2D eigenvalue weighted by molar-refractivity contribution is 0.226. The number of carbonyl (C=O) groups excluding carboxylic acids is 1. The van der Waals surface area contributed by atoms with Gasteiger partial charge in [0.25, 0.3) is 0 Å². The highest BCUT2D eigenvalue weighted by atomic mass is 127. The third-order valence-electron chi connectivity index (χ3n) is 4.19. The molecule has 0 fully saturated rings. The molecule has 0 aliphatic heterocycles. The lowest BCUT2D eigenvalue weighted by Gasteiger charge is -2.19. The van der Waals surface area contributed by atoms with Gasteiger partial charge in [0.1, 0.15) is 0 Å². The summed E-state index contributed by atoms with van der Waals surface area (Å²) in [5, 5.41) is 0. The van der Waals surface area contributed by atoms with Crippen molar-refractivity contribution >= 4 is 39.9 Å². The largest absolute Gasteiger partial charge is 0.341 e. The van der Waals surface area contributed by atoms with Crippen LogP contribution in [0.1, 0.15) is 33.3 Å². The Bertz CT molecular complexity index is 762. The minimum atomic E-state index is -0.391.